The molecule has 0 aromatic carbocycles. The zero-order chi connectivity index (χ0) is 12.2. The van der Waals surface area contributed by atoms with Gasteiger partial charge >= 0.3 is 0 Å². The second kappa shape index (κ2) is 11.5. The monoisotopic (exact) mass is 303 g/mol. The van der Waals surface area contributed by atoms with Crippen LogP contribution < -0.4 is 0 Å². The molecule has 1 aliphatic rings. The lowest BCUT2D eigenvalue weighted by Gasteiger charge is -2.19. The first-order valence-corrected chi connectivity index (χ1v) is 8.84. The number of hydrogen-bond donors (Lipinski definition) is 0. The van der Waals surface area contributed by atoms with Crippen LogP contribution in [-0.4, -0.2) is 29.9 Å². The highest BCUT2D eigenvalue weighted by Crippen LogP contribution is 2.12. The highest BCUT2D eigenvalue weighted by Gasteiger charge is 2.07. The minimum Gasteiger partial charge on any atom is -0.303 e. The molecule has 0 aromatic rings. The van der Waals surface area contributed by atoms with E-state index in [1.807, 2.05) is 0 Å². The molecule has 1 fully saturated rings. The van der Waals surface area contributed by atoms with Crippen LogP contribution in [0.4, 0.5) is 0 Å². The normalized spacial score (nSPS) is 18.2. The van der Waals surface area contributed by atoms with Crippen molar-refractivity contribution < 1.29 is 0 Å². The number of unbranched alkanes of at least 4 members (excludes halogenated alkanes) is 6. The number of alkyl halides is 1. The van der Waals surface area contributed by atoms with Gasteiger partial charge in [0, 0.05) is 5.33 Å². The van der Waals surface area contributed by atoms with E-state index in [0.717, 1.165) is 0 Å². The smallest absolute Gasteiger partial charge is 0.00313 e. The molecule has 1 nitrogen and oxygen atoms in total. The molecule has 0 unspecified atom stereocenters. The summed E-state index contributed by atoms with van der Waals surface area (Å²) in [7, 11) is 0. The van der Waals surface area contributed by atoms with Gasteiger partial charge in [-0.1, -0.05) is 60.9 Å². The number of nitrogens with zero attached hydrogens (tertiary/aromatic N) is 1. The second-order valence-corrected chi connectivity index (χ2v) is 6.21. The van der Waals surface area contributed by atoms with E-state index in [0.29, 0.717) is 0 Å². The van der Waals surface area contributed by atoms with E-state index < -0.39 is 0 Å². The quantitative estimate of drug-likeness (QED) is 0.428. The van der Waals surface area contributed by atoms with Crippen LogP contribution in [0, 0.1) is 0 Å². The van der Waals surface area contributed by atoms with E-state index in [1.165, 1.54) is 95.6 Å². The Morgan fingerprint density at radius 3 is 1.76 bits per heavy atom. The van der Waals surface area contributed by atoms with E-state index in [-0.39, 0.29) is 0 Å². The van der Waals surface area contributed by atoms with Crippen molar-refractivity contribution in [3.63, 3.8) is 0 Å². The van der Waals surface area contributed by atoms with Crippen molar-refractivity contribution >= 4 is 15.9 Å². The molecule has 1 aliphatic heterocycles. The van der Waals surface area contributed by atoms with Gasteiger partial charge in [0.25, 0.3) is 0 Å². The molecule has 1 saturated heterocycles. The van der Waals surface area contributed by atoms with Gasteiger partial charge in [0.1, 0.15) is 0 Å². The summed E-state index contributed by atoms with van der Waals surface area (Å²) >= 11 is 3.49. The van der Waals surface area contributed by atoms with Crippen LogP contribution in [0.5, 0.6) is 0 Å². The average molecular weight is 304 g/mol. The summed E-state index contributed by atoms with van der Waals surface area (Å²) in [6, 6.07) is 0. The molecule has 1 rings (SSSR count). The van der Waals surface area contributed by atoms with Gasteiger partial charge in [-0.3, -0.25) is 0 Å². The van der Waals surface area contributed by atoms with Gasteiger partial charge in [-0.25, -0.2) is 0 Å². The Hall–Kier alpha value is 0.440. The third-order valence-electron chi connectivity index (χ3n) is 3.81. The van der Waals surface area contributed by atoms with Crippen molar-refractivity contribution in [3.8, 4) is 0 Å². The Morgan fingerprint density at radius 1 is 0.647 bits per heavy atom. The van der Waals surface area contributed by atoms with E-state index in [1.54, 1.807) is 0 Å². The van der Waals surface area contributed by atoms with E-state index in [9.17, 15) is 0 Å². The first-order chi connectivity index (χ1) is 8.43. The Morgan fingerprint density at radius 2 is 1.18 bits per heavy atom. The number of rotatable bonds is 9. The Balaban J connectivity index is 1.82. The Labute approximate surface area is 116 Å². The minimum absolute atomic E-state index is 1.18. The van der Waals surface area contributed by atoms with Gasteiger partial charge in [-0.15, -0.1) is 0 Å². The SMILES string of the molecule is BrCCCCCCCCCN1CCCCCC1. The fourth-order valence-corrected chi connectivity index (χ4v) is 3.07. The predicted octanol–water partition coefficient (Wildman–Crippen LogP) is 4.99. The first-order valence-electron chi connectivity index (χ1n) is 7.72. The highest BCUT2D eigenvalue weighted by atomic mass is 79.9. The molecule has 17 heavy (non-hydrogen) atoms. The summed E-state index contributed by atoms with van der Waals surface area (Å²) in [4.78, 5) is 2.69. The fourth-order valence-electron chi connectivity index (χ4n) is 2.67. The minimum atomic E-state index is 1.18. The van der Waals surface area contributed by atoms with Crippen LogP contribution in [0.15, 0.2) is 0 Å². The zero-order valence-corrected chi connectivity index (χ0v) is 13.0. The second-order valence-electron chi connectivity index (χ2n) is 5.42. The summed E-state index contributed by atoms with van der Waals surface area (Å²) in [5.41, 5.74) is 0. The maximum atomic E-state index is 3.49. The summed E-state index contributed by atoms with van der Waals surface area (Å²) in [5, 5.41) is 1.18. The molecule has 0 spiro atoms. The molecule has 0 atom stereocenters. The maximum Gasteiger partial charge on any atom is 0.00313 e. The molecule has 0 aromatic heterocycles. The van der Waals surface area contributed by atoms with E-state index in [2.05, 4.69) is 20.8 Å². The van der Waals surface area contributed by atoms with Crippen LogP contribution >= 0.6 is 15.9 Å². The maximum absolute atomic E-state index is 3.49. The van der Waals surface area contributed by atoms with Crippen molar-refractivity contribution in [2.24, 2.45) is 0 Å². The van der Waals surface area contributed by atoms with Crippen LogP contribution in [-0.2, 0) is 0 Å². The molecular formula is C15H30BrN. The number of likely N-dealkylation sites (tertiary alicyclic amines) is 1. The Bertz CT molecular complexity index is 153. The molecule has 0 radical (unpaired) electrons. The Kier molecular flexibility index (Phi) is 10.5. The van der Waals surface area contributed by atoms with Gasteiger partial charge in [0.05, 0.1) is 0 Å². The summed E-state index contributed by atoms with van der Waals surface area (Å²) in [5.74, 6) is 0. The average Bonchev–Trinajstić information content (AvgIpc) is 2.61. The highest BCUT2D eigenvalue weighted by molar-refractivity contribution is 9.09. The molecule has 0 bridgehead atoms. The molecule has 1 heterocycles. The van der Waals surface area contributed by atoms with Gasteiger partial charge < -0.3 is 4.90 Å². The fraction of sp³-hybridized carbons (Fsp3) is 1.00. The molecule has 0 N–H and O–H groups in total. The molecule has 0 aliphatic carbocycles. The first kappa shape index (κ1) is 15.5. The van der Waals surface area contributed by atoms with Crippen LogP contribution in [0.25, 0.3) is 0 Å². The third kappa shape index (κ3) is 9.07. The van der Waals surface area contributed by atoms with Gasteiger partial charge in [-0.2, -0.15) is 0 Å². The predicted molar refractivity (Wildman–Crippen MR) is 81.0 cm³/mol. The molecular weight excluding hydrogens is 274 g/mol. The summed E-state index contributed by atoms with van der Waals surface area (Å²) in [6.45, 7) is 4.10. The van der Waals surface area contributed by atoms with Gasteiger partial charge in [0.2, 0.25) is 0 Å². The van der Waals surface area contributed by atoms with Crippen molar-refractivity contribution in [3.05, 3.63) is 0 Å². The molecule has 0 saturated carbocycles. The van der Waals surface area contributed by atoms with Crippen molar-refractivity contribution in [2.75, 3.05) is 25.0 Å². The largest absolute Gasteiger partial charge is 0.303 e. The van der Waals surface area contributed by atoms with E-state index in [4.69, 9.17) is 0 Å². The number of hydrogen-bond acceptors (Lipinski definition) is 1. The molecule has 0 amide bonds. The molecule has 2 heteroatoms. The number of halogens is 1. The lowest BCUT2D eigenvalue weighted by Crippen LogP contribution is -2.25. The third-order valence-corrected chi connectivity index (χ3v) is 4.37. The van der Waals surface area contributed by atoms with Crippen LogP contribution in [0.2, 0.25) is 0 Å². The molecule has 102 valence electrons. The van der Waals surface area contributed by atoms with Crippen LogP contribution in [0.1, 0.15) is 70.6 Å². The lowest BCUT2D eigenvalue weighted by atomic mass is 10.1. The van der Waals surface area contributed by atoms with Crippen molar-refractivity contribution in [1.82, 2.24) is 4.90 Å². The van der Waals surface area contributed by atoms with Crippen LogP contribution in [0.3, 0.4) is 0 Å². The van der Waals surface area contributed by atoms with Crippen molar-refractivity contribution in [2.45, 2.75) is 70.6 Å². The standard InChI is InChI=1S/C15H30BrN/c16-12-8-4-2-1-3-5-9-13-17-14-10-6-7-11-15-17/h1-15H2. The van der Waals surface area contributed by atoms with Gasteiger partial charge in [0.15, 0.2) is 0 Å². The van der Waals surface area contributed by atoms with Crippen molar-refractivity contribution in [1.29, 1.82) is 0 Å². The zero-order valence-electron chi connectivity index (χ0n) is 11.4. The topological polar surface area (TPSA) is 3.24 Å². The van der Waals surface area contributed by atoms with Gasteiger partial charge in [-0.05, 0) is 45.3 Å². The summed E-state index contributed by atoms with van der Waals surface area (Å²) in [6.07, 6.45) is 15.8. The summed E-state index contributed by atoms with van der Waals surface area (Å²) < 4.78 is 0. The lowest BCUT2D eigenvalue weighted by molar-refractivity contribution is 0.277. The van der Waals surface area contributed by atoms with E-state index >= 15 is 0 Å².